The van der Waals surface area contributed by atoms with Crippen molar-refractivity contribution in [2.45, 2.75) is 20.4 Å². The molecule has 0 saturated carbocycles. The lowest BCUT2D eigenvalue weighted by Crippen LogP contribution is -2.19. The van der Waals surface area contributed by atoms with Crippen LogP contribution in [0.15, 0.2) is 54.7 Å². The van der Waals surface area contributed by atoms with Crippen molar-refractivity contribution < 1.29 is 0 Å². The second-order valence-corrected chi connectivity index (χ2v) is 6.68. The molecular weight excluding hydrogens is 352 g/mol. The van der Waals surface area contributed by atoms with Gasteiger partial charge in [0, 0.05) is 23.0 Å². The normalized spacial score (nSPS) is 10.5. The van der Waals surface area contributed by atoms with Crippen LogP contribution in [0.2, 0.25) is 5.02 Å². The van der Waals surface area contributed by atoms with Gasteiger partial charge in [0.2, 0.25) is 0 Å². The average molecular weight is 371 g/mol. The van der Waals surface area contributed by atoms with Crippen LogP contribution in [-0.4, -0.2) is 14.9 Å². The van der Waals surface area contributed by atoms with E-state index in [-0.39, 0.29) is 0 Å². The number of nitrogens with one attached hydrogen (secondary N) is 2. The van der Waals surface area contributed by atoms with E-state index in [1.165, 1.54) is 11.1 Å². The summed E-state index contributed by atoms with van der Waals surface area (Å²) in [4.78, 5) is 0. The van der Waals surface area contributed by atoms with Crippen LogP contribution >= 0.6 is 23.8 Å². The number of aromatic nitrogens is 2. The molecule has 1 aromatic heterocycles. The van der Waals surface area contributed by atoms with Gasteiger partial charge in [-0.15, -0.1) is 0 Å². The van der Waals surface area contributed by atoms with E-state index in [4.69, 9.17) is 23.8 Å². The molecule has 0 aliphatic heterocycles. The van der Waals surface area contributed by atoms with Gasteiger partial charge >= 0.3 is 0 Å². The van der Waals surface area contributed by atoms with Gasteiger partial charge in [-0.25, -0.2) is 0 Å². The molecule has 0 spiro atoms. The Hall–Kier alpha value is -2.37. The van der Waals surface area contributed by atoms with Gasteiger partial charge in [0.05, 0.1) is 6.54 Å². The summed E-state index contributed by atoms with van der Waals surface area (Å²) >= 11 is 11.5. The fourth-order valence-electron chi connectivity index (χ4n) is 2.43. The second kappa shape index (κ2) is 7.68. The second-order valence-electron chi connectivity index (χ2n) is 5.87. The van der Waals surface area contributed by atoms with Gasteiger partial charge in [0.25, 0.3) is 0 Å². The summed E-state index contributed by atoms with van der Waals surface area (Å²) in [6, 6.07) is 15.9. The third-order valence-corrected chi connectivity index (χ3v) is 4.52. The maximum Gasteiger partial charge on any atom is 0.176 e. The Kier molecular flexibility index (Phi) is 5.36. The Morgan fingerprint density at radius 2 is 1.88 bits per heavy atom. The fraction of sp³-hybridized carbons (Fsp3) is 0.158. The van der Waals surface area contributed by atoms with E-state index in [1.807, 2.05) is 54.2 Å². The SMILES string of the molecule is Cc1ccc(NC(=S)Nc2ccn(Cc3ccccc3C)n2)cc1Cl. The average Bonchev–Trinajstić information content (AvgIpc) is 3.00. The number of thiocarbonyl (C=S) groups is 1. The lowest BCUT2D eigenvalue weighted by atomic mass is 10.1. The summed E-state index contributed by atoms with van der Waals surface area (Å²) in [5, 5.41) is 11.9. The number of rotatable bonds is 4. The highest BCUT2D eigenvalue weighted by Gasteiger charge is 2.05. The molecule has 3 rings (SSSR count). The molecule has 1 heterocycles. The first-order chi connectivity index (χ1) is 12.0. The summed E-state index contributed by atoms with van der Waals surface area (Å²) in [5.74, 6) is 0.698. The van der Waals surface area contributed by atoms with Crippen LogP contribution < -0.4 is 10.6 Å². The first-order valence-corrected chi connectivity index (χ1v) is 8.72. The molecule has 0 saturated heterocycles. The minimum Gasteiger partial charge on any atom is -0.332 e. The van der Waals surface area contributed by atoms with Crippen LogP contribution in [0, 0.1) is 13.8 Å². The van der Waals surface area contributed by atoms with Crippen molar-refractivity contribution in [3.8, 4) is 0 Å². The standard InChI is InChI=1S/C19H19ClN4S/c1-13-5-3-4-6-15(13)12-24-10-9-18(23-24)22-19(25)21-16-8-7-14(2)17(20)11-16/h3-11H,12H2,1-2H3,(H2,21,22,23,25). The zero-order chi connectivity index (χ0) is 17.8. The molecule has 2 N–H and O–H groups in total. The van der Waals surface area contributed by atoms with E-state index in [2.05, 4.69) is 34.8 Å². The van der Waals surface area contributed by atoms with Crippen molar-refractivity contribution in [2.24, 2.45) is 0 Å². The molecule has 25 heavy (non-hydrogen) atoms. The largest absolute Gasteiger partial charge is 0.332 e. The quantitative estimate of drug-likeness (QED) is 0.633. The number of hydrogen-bond donors (Lipinski definition) is 2. The van der Waals surface area contributed by atoms with Gasteiger partial charge in [-0.05, 0) is 54.9 Å². The van der Waals surface area contributed by atoms with Crippen LogP contribution in [0.5, 0.6) is 0 Å². The summed E-state index contributed by atoms with van der Waals surface area (Å²) in [6.45, 7) is 4.79. The topological polar surface area (TPSA) is 41.9 Å². The lowest BCUT2D eigenvalue weighted by molar-refractivity contribution is 0.687. The van der Waals surface area contributed by atoms with Crippen LogP contribution in [-0.2, 0) is 6.54 Å². The molecule has 0 amide bonds. The summed E-state index contributed by atoms with van der Waals surface area (Å²) in [7, 11) is 0. The van der Waals surface area contributed by atoms with Gasteiger partial charge < -0.3 is 10.6 Å². The number of nitrogens with zero attached hydrogens (tertiary/aromatic N) is 2. The maximum absolute atomic E-state index is 6.13. The predicted octanol–water partition coefficient (Wildman–Crippen LogP) is 5.01. The fourth-order valence-corrected chi connectivity index (χ4v) is 2.83. The highest BCUT2D eigenvalue weighted by Crippen LogP contribution is 2.20. The monoisotopic (exact) mass is 370 g/mol. The van der Waals surface area contributed by atoms with E-state index in [1.54, 1.807) is 0 Å². The molecule has 6 heteroatoms. The highest BCUT2D eigenvalue weighted by molar-refractivity contribution is 7.80. The summed E-state index contributed by atoms with van der Waals surface area (Å²) in [6.07, 6.45) is 1.93. The number of anilines is 2. The van der Waals surface area contributed by atoms with Gasteiger partial charge in [-0.1, -0.05) is 41.9 Å². The molecule has 0 aliphatic carbocycles. The summed E-state index contributed by atoms with van der Waals surface area (Å²) < 4.78 is 1.88. The summed E-state index contributed by atoms with van der Waals surface area (Å²) in [5.41, 5.74) is 4.36. The Bertz CT molecular complexity index is 904. The predicted molar refractivity (Wildman–Crippen MR) is 109 cm³/mol. The minimum absolute atomic E-state index is 0.473. The number of hydrogen-bond acceptors (Lipinski definition) is 2. The zero-order valence-electron chi connectivity index (χ0n) is 14.1. The number of halogens is 1. The Morgan fingerprint density at radius 1 is 1.08 bits per heavy atom. The Morgan fingerprint density at radius 3 is 2.64 bits per heavy atom. The van der Waals surface area contributed by atoms with Crippen LogP contribution in [0.4, 0.5) is 11.5 Å². The smallest absolute Gasteiger partial charge is 0.176 e. The third-order valence-electron chi connectivity index (χ3n) is 3.91. The van der Waals surface area contributed by atoms with Crippen molar-refractivity contribution in [2.75, 3.05) is 10.6 Å². The third kappa shape index (κ3) is 4.59. The molecule has 0 aliphatic rings. The zero-order valence-corrected chi connectivity index (χ0v) is 15.7. The molecule has 0 bridgehead atoms. The first kappa shape index (κ1) is 17.5. The highest BCUT2D eigenvalue weighted by atomic mass is 35.5. The van der Waals surface area contributed by atoms with Gasteiger partial charge in [-0.3, -0.25) is 4.68 Å². The minimum atomic E-state index is 0.473. The van der Waals surface area contributed by atoms with Crippen molar-refractivity contribution in [1.82, 2.24) is 9.78 Å². The van der Waals surface area contributed by atoms with E-state index >= 15 is 0 Å². The van der Waals surface area contributed by atoms with Gasteiger partial charge in [-0.2, -0.15) is 5.10 Å². The van der Waals surface area contributed by atoms with E-state index in [0.29, 0.717) is 16.0 Å². The van der Waals surface area contributed by atoms with Gasteiger partial charge in [0.15, 0.2) is 10.9 Å². The molecule has 2 aromatic carbocycles. The maximum atomic E-state index is 6.13. The van der Waals surface area contributed by atoms with E-state index in [9.17, 15) is 0 Å². The molecule has 4 nitrogen and oxygen atoms in total. The number of aryl methyl sites for hydroxylation is 2. The van der Waals surface area contributed by atoms with Crippen LogP contribution in [0.25, 0.3) is 0 Å². The Balaban J connectivity index is 1.61. The Labute approximate surface area is 157 Å². The molecule has 3 aromatic rings. The van der Waals surface area contributed by atoms with E-state index in [0.717, 1.165) is 17.8 Å². The molecule has 0 atom stereocenters. The van der Waals surface area contributed by atoms with E-state index < -0.39 is 0 Å². The first-order valence-electron chi connectivity index (χ1n) is 7.93. The molecule has 0 unspecified atom stereocenters. The van der Waals surface area contributed by atoms with Crippen LogP contribution in [0.3, 0.4) is 0 Å². The van der Waals surface area contributed by atoms with Crippen molar-refractivity contribution >= 4 is 40.4 Å². The van der Waals surface area contributed by atoms with Crippen molar-refractivity contribution in [1.29, 1.82) is 0 Å². The number of benzene rings is 2. The molecule has 0 radical (unpaired) electrons. The van der Waals surface area contributed by atoms with Crippen molar-refractivity contribution in [3.05, 3.63) is 76.4 Å². The molecular formula is C19H19ClN4S. The van der Waals surface area contributed by atoms with Crippen LogP contribution in [0.1, 0.15) is 16.7 Å². The van der Waals surface area contributed by atoms with Crippen molar-refractivity contribution in [3.63, 3.8) is 0 Å². The molecule has 128 valence electrons. The lowest BCUT2D eigenvalue weighted by Gasteiger charge is -2.10. The molecule has 0 fully saturated rings. The van der Waals surface area contributed by atoms with Gasteiger partial charge in [0.1, 0.15) is 0 Å².